The third kappa shape index (κ3) is 4.03. The molecule has 112 valence electrons. The van der Waals surface area contributed by atoms with Gasteiger partial charge in [-0.05, 0) is 43.2 Å². The molecule has 3 N–H and O–H groups in total. The number of nitrogens with two attached hydrogens (primary N) is 1. The average Bonchev–Trinajstić information content (AvgIpc) is 2.48. The molecular formula is C17H22N2O2. The first-order valence-corrected chi connectivity index (χ1v) is 7.16. The summed E-state index contributed by atoms with van der Waals surface area (Å²) < 4.78 is 5.67. The second kappa shape index (κ2) is 7.20. The lowest BCUT2D eigenvalue weighted by atomic mass is 9.90. The van der Waals surface area contributed by atoms with Gasteiger partial charge in [-0.3, -0.25) is 4.98 Å². The van der Waals surface area contributed by atoms with E-state index in [1.54, 1.807) is 12.4 Å². The van der Waals surface area contributed by atoms with Crippen molar-refractivity contribution in [3.8, 4) is 5.75 Å². The van der Waals surface area contributed by atoms with E-state index in [4.69, 9.17) is 10.5 Å². The van der Waals surface area contributed by atoms with Gasteiger partial charge in [-0.25, -0.2) is 0 Å². The zero-order chi connectivity index (χ0) is 15.2. The van der Waals surface area contributed by atoms with Crippen molar-refractivity contribution >= 4 is 0 Å². The number of nitrogens with zero attached hydrogens (tertiary/aromatic N) is 1. The first-order valence-electron chi connectivity index (χ1n) is 7.16. The van der Waals surface area contributed by atoms with Crippen LogP contribution in [0, 0.1) is 0 Å². The predicted octanol–water partition coefficient (Wildman–Crippen LogP) is 2.64. The van der Waals surface area contributed by atoms with E-state index in [9.17, 15) is 5.11 Å². The third-order valence-corrected chi connectivity index (χ3v) is 3.32. The van der Waals surface area contributed by atoms with Crippen molar-refractivity contribution in [2.24, 2.45) is 5.73 Å². The Morgan fingerprint density at radius 3 is 2.57 bits per heavy atom. The van der Waals surface area contributed by atoms with E-state index < -0.39 is 6.10 Å². The van der Waals surface area contributed by atoms with E-state index in [-0.39, 0.29) is 12.0 Å². The lowest BCUT2D eigenvalue weighted by Gasteiger charge is -2.22. The fourth-order valence-electron chi connectivity index (χ4n) is 2.32. The van der Waals surface area contributed by atoms with Gasteiger partial charge in [-0.15, -0.1) is 0 Å². The highest BCUT2D eigenvalue weighted by Gasteiger charge is 2.22. The maximum Gasteiger partial charge on any atom is 0.120 e. The molecule has 0 spiro atoms. The summed E-state index contributed by atoms with van der Waals surface area (Å²) in [5, 5.41) is 10.6. The van der Waals surface area contributed by atoms with Gasteiger partial charge in [-0.1, -0.05) is 18.2 Å². The van der Waals surface area contributed by atoms with Crippen molar-refractivity contribution < 1.29 is 9.84 Å². The molecule has 2 atom stereocenters. The van der Waals surface area contributed by atoms with E-state index in [0.717, 1.165) is 16.9 Å². The number of aliphatic hydroxyl groups is 1. The van der Waals surface area contributed by atoms with Gasteiger partial charge >= 0.3 is 0 Å². The fourth-order valence-corrected chi connectivity index (χ4v) is 2.32. The van der Waals surface area contributed by atoms with Crippen LogP contribution in [0.4, 0.5) is 0 Å². The van der Waals surface area contributed by atoms with Crippen LogP contribution in [0.1, 0.15) is 37.0 Å². The van der Waals surface area contributed by atoms with Crippen molar-refractivity contribution in [2.45, 2.75) is 32.0 Å². The van der Waals surface area contributed by atoms with Crippen LogP contribution in [-0.2, 0) is 0 Å². The number of hydrogen-bond donors (Lipinski definition) is 2. The second-order valence-corrected chi connectivity index (χ2v) is 5.31. The molecule has 2 rings (SSSR count). The largest absolute Gasteiger partial charge is 0.491 e. The number of pyridine rings is 1. The van der Waals surface area contributed by atoms with Crippen molar-refractivity contribution in [2.75, 3.05) is 6.54 Å². The highest BCUT2D eigenvalue weighted by molar-refractivity contribution is 5.32. The molecule has 4 nitrogen and oxygen atoms in total. The molecule has 1 aromatic carbocycles. The molecule has 0 radical (unpaired) electrons. The standard InChI is InChI=1S/C17H22N2O2/c1-12(2)21-15-7-3-5-13(9-15)17(20)16(10-18)14-6-4-8-19-11-14/h3-9,11-12,16-17,20H,10,18H2,1-2H3. The first kappa shape index (κ1) is 15.5. The average molecular weight is 286 g/mol. The van der Waals surface area contributed by atoms with Gasteiger partial charge in [0.1, 0.15) is 5.75 Å². The minimum Gasteiger partial charge on any atom is -0.491 e. The summed E-state index contributed by atoms with van der Waals surface area (Å²) in [5.74, 6) is 0.566. The van der Waals surface area contributed by atoms with Gasteiger partial charge in [-0.2, -0.15) is 0 Å². The van der Waals surface area contributed by atoms with Gasteiger partial charge in [0.05, 0.1) is 12.2 Å². The van der Waals surface area contributed by atoms with Crippen LogP contribution in [-0.4, -0.2) is 22.7 Å². The summed E-state index contributed by atoms with van der Waals surface area (Å²) in [6.07, 6.45) is 2.87. The monoisotopic (exact) mass is 286 g/mol. The zero-order valence-electron chi connectivity index (χ0n) is 12.4. The lowest BCUT2D eigenvalue weighted by molar-refractivity contribution is 0.146. The van der Waals surface area contributed by atoms with Gasteiger partial charge in [0.25, 0.3) is 0 Å². The molecule has 1 heterocycles. The topological polar surface area (TPSA) is 68.4 Å². The molecular weight excluding hydrogens is 264 g/mol. The predicted molar refractivity (Wildman–Crippen MR) is 83.2 cm³/mol. The van der Waals surface area contributed by atoms with Gasteiger partial charge in [0.15, 0.2) is 0 Å². The Bertz CT molecular complexity index is 558. The van der Waals surface area contributed by atoms with Gasteiger partial charge in [0, 0.05) is 24.9 Å². The van der Waals surface area contributed by atoms with Gasteiger partial charge < -0.3 is 15.6 Å². The third-order valence-electron chi connectivity index (χ3n) is 3.32. The Labute approximate surface area is 125 Å². The lowest BCUT2D eigenvalue weighted by Crippen LogP contribution is -2.20. The number of rotatable bonds is 6. The SMILES string of the molecule is CC(C)Oc1cccc(C(O)C(CN)c2cccnc2)c1. The molecule has 0 saturated heterocycles. The Morgan fingerprint density at radius 1 is 1.19 bits per heavy atom. The molecule has 4 heteroatoms. The molecule has 0 aliphatic heterocycles. The normalized spacial score (nSPS) is 14.0. The van der Waals surface area contributed by atoms with E-state index in [2.05, 4.69) is 4.98 Å². The van der Waals surface area contributed by atoms with Crippen molar-refractivity contribution in [1.82, 2.24) is 4.98 Å². The Balaban J connectivity index is 2.23. The number of ether oxygens (including phenoxy) is 1. The van der Waals surface area contributed by atoms with Crippen molar-refractivity contribution in [3.63, 3.8) is 0 Å². The molecule has 2 aromatic rings. The second-order valence-electron chi connectivity index (χ2n) is 5.31. The maximum absolute atomic E-state index is 10.6. The van der Waals surface area contributed by atoms with Gasteiger partial charge in [0.2, 0.25) is 0 Å². The number of aromatic nitrogens is 1. The van der Waals surface area contributed by atoms with E-state index >= 15 is 0 Å². The summed E-state index contributed by atoms with van der Waals surface area (Å²) in [7, 11) is 0. The van der Waals surface area contributed by atoms with E-state index in [0.29, 0.717) is 6.54 Å². The molecule has 1 aromatic heterocycles. The molecule has 0 saturated carbocycles. The molecule has 2 unspecified atom stereocenters. The first-order chi connectivity index (χ1) is 10.1. The van der Waals surface area contributed by atoms with Crippen LogP contribution in [0.3, 0.4) is 0 Å². The van der Waals surface area contributed by atoms with Crippen molar-refractivity contribution in [3.05, 3.63) is 59.9 Å². The summed E-state index contributed by atoms with van der Waals surface area (Å²) >= 11 is 0. The molecule has 0 fully saturated rings. The summed E-state index contributed by atoms with van der Waals surface area (Å²) in [5.41, 5.74) is 7.57. The molecule has 0 aliphatic rings. The number of benzene rings is 1. The number of aliphatic hydroxyl groups excluding tert-OH is 1. The van der Waals surface area contributed by atoms with Crippen LogP contribution >= 0.6 is 0 Å². The maximum atomic E-state index is 10.6. The Kier molecular flexibility index (Phi) is 5.31. The van der Waals surface area contributed by atoms with E-state index in [1.165, 1.54) is 0 Å². The summed E-state index contributed by atoms with van der Waals surface area (Å²) in [6, 6.07) is 11.3. The van der Waals surface area contributed by atoms with Crippen LogP contribution in [0.15, 0.2) is 48.8 Å². The van der Waals surface area contributed by atoms with Crippen LogP contribution in [0.2, 0.25) is 0 Å². The highest BCUT2D eigenvalue weighted by Crippen LogP contribution is 2.31. The molecule has 21 heavy (non-hydrogen) atoms. The zero-order valence-corrected chi connectivity index (χ0v) is 12.4. The highest BCUT2D eigenvalue weighted by atomic mass is 16.5. The Hall–Kier alpha value is -1.91. The Morgan fingerprint density at radius 2 is 1.95 bits per heavy atom. The smallest absolute Gasteiger partial charge is 0.120 e. The minimum absolute atomic E-state index is 0.0982. The number of hydrogen-bond acceptors (Lipinski definition) is 4. The molecule has 0 aliphatic carbocycles. The summed E-state index contributed by atoms with van der Waals surface area (Å²) in [4.78, 5) is 4.10. The van der Waals surface area contributed by atoms with Crippen molar-refractivity contribution in [1.29, 1.82) is 0 Å². The summed E-state index contributed by atoms with van der Waals surface area (Å²) in [6.45, 7) is 4.30. The van der Waals surface area contributed by atoms with Crippen LogP contribution in [0.25, 0.3) is 0 Å². The quantitative estimate of drug-likeness (QED) is 0.856. The molecule has 0 amide bonds. The fraction of sp³-hybridized carbons (Fsp3) is 0.353. The van der Waals surface area contributed by atoms with E-state index in [1.807, 2.05) is 50.2 Å². The minimum atomic E-state index is -0.685. The molecule has 0 bridgehead atoms. The van der Waals surface area contributed by atoms with Crippen LogP contribution < -0.4 is 10.5 Å². The van der Waals surface area contributed by atoms with Crippen LogP contribution in [0.5, 0.6) is 5.75 Å².